The summed E-state index contributed by atoms with van der Waals surface area (Å²) in [5.74, 6) is 0.677. The smallest absolute Gasteiger partial charge is 0.235 e. The lowest BCUT2D eigenvalue weighted by molar-refractivity contribution is 1.02. The zero-order valence-electron chi connectivity index (χ0n) is 25.7. The Balaban J connectivity index is 1.32. The van der Waals surface area contributed by atoms with Crippen LogP contribution in [0.5, 0.6) is 0 Å². The molecule has 0 N–H and O–H groups in total. The largest absolute Gasteiger partial charge is 0.277 e. The standard InChI is InChI=1S/C44H25N3S/c1-2-11-26(12-3-1)29-15-6-7-18-32(29)42-40-30-16-5-4-13-27(30)22-24-35(40)45-44(46-42)47-36-19-9-8-17-31(36)34-25-38-41-33(43(34)47)23-21-28-14-10-20-37(48-38)39(28)41/h1-25H. The highest BCUT2D eigenvalue weighted by atomic mass is 32.1. The molecule has 0 saturated heterocycles. The molecule has 0 aliphatic heterocycles. The van der Waals surface area contributed by atoms with Gasteiger partial charge in [-0.05, 0) is 51.6 Å². The number of benzene rings is 8. The molecule has 48 heavy (non-hydrogen) atoms. The fraction of sp³-hybridized carbons (Fsp3) is 0. The molecule has 3 nitrogen and oxygen atoms in total. The molecule has 0 amide bonds. The van der Waals surface area contributed by atoms with E-state index in [9.17, 15) is 0 Å². The van der Waals surface area contributed by atoms with Gasteiger partial charge in [0.2, 0.25) is 5.95 Å². The number of para-hydroxylation sites is 1. The van der Waals surface area contributed by atoms with E-state index in [-0.39, 0.29) is 0 Å². The molecule has 11 aromatic rings. The van der Waals surface area contributed by atoms with E-state index >= 15 is 0 Å². The molecule has 0 radical (unpaired) electrons. The van der Waals surface area contributed by atoms with Crippen molar-refractivity contribution in [1.29, 1.82) is 0 Å². The monoisotopic (exact) mass is 627 g/mol. The zero-order chi connectivity index (χ0) is 31.3. The summed E-state index contributed by atoms with van der Waals surface area (Å²) in [6.45, 7) is 0. The lowest BCUT2D eigenvalue weighted by atomic mass is 9.94. The van der Waals surface area contributed by atoms with Crippen molar-refractivity contribution in [2.24, 2.45) is 0 Å². The first-order valence-electron chi connectivity index (χ1n) is 16.3. The van der Waals surface area contributed by atoms with Gasteiger partial charge < -0.3 is 0 Å². The fourth-order valence-electron chi connectivity index (χ4n) is 7.92. The number of rotatable bonds is 3. The van der Waals surface area contributed by atoms with Crippen LogP contribution in [0.1, 0.15) is 0 Å². The van der Waals surface area contributed by atoms with Gasteiger partial charge in [-0.15, -0.1) is 11.3 Å². The van der Waals surface area contributed by atoms with Crippen molar-refractivity contribution in [3.05, 3.63) is 152 Å². The van der Waals surface area contributed by atoms with Crippen molar-refractivity contribution in [2.45, 2.75) is 0 Å². The van der Waals surface area contributed by atoms with Crippen molar-refractivity contribution in [1.82, 2.24) is 14.5 Å². The Hall–Kier alpha value is -6.10. The summed E-state index contributed by atoms with van der Waals surface area (Å²) in [6.07, 6.45) is 0. The lowest BCUT2D eigenvalue weighted by Crippen LogP contribution is -2.04. The minimum atomic E-state index is 0.677. The quantitative estimate of drug-likeness (QED) is 0.183. The van der Waals surface area contributed by atoms with Crippen LogP contribution < -0.4 is 0 Å². The van der Waals surface area contributed by atoms with Gasteiger partial charge in [0.1, 0.15) is 0 Å². The summed E-state index contributed by atoms with van der Waals surface area (Å²) in [5.41, 5.74) is 7.52. The molecule has 0 fully saturated rings. The maximum atomic E-state index is 5.60. The van der Waals surface area contributed by atoms with Crippen molar-refractivity contribution in [3.63, 3.8) is 0 Å². The minimum Gasteiger partial charge on any atom is -0.277 e. The van der Waals surface area contributed by atoms with Crippen LogP contribution in [0.3, 0.4) is 0 Å². The van der Waals surface area contributed by atoms with E-state index in [1.807, 2.05) is 11.3 Å². The number of hydrogen-bond donors (Lipinski definition) is 0. The van der Waals surface area contributed by atoms with Gasteiger partial charge in [0.25, 0.3) is 0 Å². The molecule has 222 valence electrons. The number of hydrogen-bond acceptors (Lipinski definition) is 3. The number of nitrogens with zero attached hydrogens (tertiary/aromatic N) is 3. The highest BCUT2D eigenvalue weighted by Gasteiger charge is 2.23. The molecule has 0 aliphatic rings. The van der Waals surface area contributed by atoms with Gasteiger partial charge in [-0.25, -0.2) is 9.97 Å². The van der Waals surface area contributed by atoms with Gasteiger partial charge >= 0.3 is 0 Å². The second-order valence-corrected chi connectivity index (χ2v) is 13.6. The van der Waals surface area contributed by atoms with E-state index in [4.69, 9.17) is 9.97 Å². The average molecular weight is 628 g/mol. The third-order valence-electron chi connectivity index (χ3n) is 9.96. The zero-order valence-corrected chi connectivity index (χ0v) is 26.5. The van der Waals surface area contributed by atoms with Crippen LogP contribution in [0.15, 0.2) is 152 Å². The Bertz CT molecular complexity index is 3060. The van der Waals surface area contributed by atoms with Gasteiger partial charge in [-0.1, -0.05) is 127 Å². The molecular formula is C44H25N3S. The van der Waals surface area contributed by atoms with Gasteiger partial charge in [0, 0.05) is 47.3 Å². The van der Waals surface area contributed by atoms with Crippen LogP contribution in [0, 0.1) is 0 Å². The number of thiophene rings is 1. The third kappa shape index (κ3) is 3.52. The molecule has 0 bridgehead atoms. The number of fused-ring (bicyclic) bond motifs is 7. The lowest BCUT2D eigenvalue weighted by Gasteiger charge is -2.16. The molecule has 0 aliphatic carbocycles. The van der Waals surface area contributed by atoms with E-state index in [2.05, 4.69) is 156 Å². The predicted octanol–water partition coefficient (Wildman–Crippen LogP) is 12.2. The summed E-state index contributed by atoms with van der Waals surface area (Å²) in [6, 6.07) is 54.5. The van der Waals surface area contributed by atoms with Crippen LogP contribution in [-0.2, 0) is 0 Å². The second kappa shape index (κ2) is 9.71. The van der Waals surface area contributed by atoms with Crippen molar-refractivity contribution < 1.29 is 0 Å². The predicted molar refractivity (Wildman–Crippen MR) is 204 cm³/mol. The molecule has 0 unspecified atom stereocenters. The molecule has 0 saturated carbocycles. The van der Waals surface area contributed by atoms with E-state index in [0.717, 1.165) is 49.7 Å². The first kappa shape index (κ1) is 26.0. The van der Waals surface area contributed by atoms with E-state index in [1.165, 1.54) is 47.1 Å². The average Bonchev–Trinajstić information content (AvgIpc) is 3.70. The summed E-state index contributed by atoms with van der Waals surface area (Å²) < 4.78 is 4.95. The summed E-state index contributed by atoms with van der Waals surface area (Å²) in [5, 5.41) is 11.0. The van der Waals surface area contributed by atoms with E-state index < -0.39 is 0 Å². The molecular weight excluding hydrogens is 603 g/mol. The van der Waals surface area contributed by atoms with Gasteiger partial charge in [0.15, 0.2) is 0 Å². The number of aromatic nitrogens is 3. The van der Waals surface area contributed by atoms with E-state index in [1.54, 1.807) is 0 Å². The summed E-state index contributed by atoms with van der Waals surface area (Å²) in [4.78, 5) is 11.0. The summed E-state index contributed by atoms with van der Waals surface area (Å²) in [7, 11) is 0. The SMILES string of the molecule is c1ccc(-c2ccccc2-c2nc(-n3c4ccccc4c4cc5sc6cccc7ccc(c5c76)c43)nc3ccc4ccccc4c23)cc1. The van der Waals surface area contributed by atoms with Crippen molar-refractivity contribution >= 4 is 85.8 Å². The maximum absolute atomic E-state index is 5.60. The van der Waals surface area contributed by atoms with Crippen molar-refractivity contribution in [3.8, 4) is 28.3 Å². The van der Waals surface area contributed by atoms with Crippen LogP contribution in [0.4, 0.5) is 0 Å². The Morgan fingerprint density at radius 3 is 2.12 bits per heavy atom. The third-order valence-corrected chi connectivity index (χ3v) is 11.1. The van der Waals surface area contributed by atoms with Crippen molar-refractivity contribution in [2.75, 3.05) is 0 Å². The van der Waals surface area contributed by atoms with Gasteiger partial charge in [0.05, 0.1) is 22.2 Å². The van der Waals surface area contributed by atoms with Crippen LogP contribution in [-0.4, -0.2) is 14.5 Å². The van der Waals surface area contributed by atoms with Crippen LogP contribution in [0.2, 0.25) is 0 Å². The fourth-order valence-corrected chi connectivity index (χ4v) is 9.11. The van der Waals surface area contributed by atoms with E-state index in [0.29, 0.717) is 5.95 Å². The van der Waals surface area contributed by atoms with Crippen LogP contribution >= 0.6 is 11.3 Å². The molecule has 11 rings (SSSR count). The normalized spacial score (nSPS) is 12.2. The maximum Gasteiger partial charge on any atom is 0.235 e. The summed E-state index contributed by atoms with van der Waals surface area (Å²) >= 11 is 1.88. The van der Waals surface area contributed by atoms with Gasteiger partial charge in [-0.2, -0.15) is 0 Å². The molecule has 3 heterocycles. The highest BCUT2D eigenvalue weighted by Crippen LogP contribution is 2.47. The van der Waals surface area contributed by atoms with Gasteiger partial charge in [-0.3, -0.25) is 4.57 Å². The topological polar surface area (TPSA) is 30.7 Å². The minimum absolute atomic E-state index is 0.677. The Labute approximate surface area is 279 Å². The Kier molecular flexibility index (Phi) is 5.26. The van der Waals surface area contributed by atoms with Crippen LogP contribution in [0.25, 0.3) is 103 Å². The first-order valence-corrected chi connectivity index (χ1v) is 17.1. The molecule has 0 spiro atoms. The highest BCUT2D eigenvalue weighted by molar-refractivity contribution is 7.26. The Morgan fingerprint density at radius 2 is 1.21 bits per heavy atom. The molecule has 8 aromatic carbocycles. The molecule has 3 aromatic heterocycles. The molecule has 4 heteroatoms. The second-order valence-electron chi connectivity index (χ2n) is 12.5. The Morgan fingerprint density at radius 1 is 0.458 bits per heavy atom. The first-order chi connectivity index (χ1) is 23.8. The molecule has 0 atom stereocenters.